The number of hydrogen-bond donors (Lipinski definition) is 3. The van der Waals surface area contributed by atoms with Crippen LogP contribution in [0.4, 0.5) is 5.69 Å². The van der Waals surface area contributed by atoms with Gasteiger partial charge in [0, 0.05) is 17.2 Å². The molecule has 0 aliphatic heterocycles. The van der Waals surface area contributed by atoms with Gasteiger partial charge in [0.1, 0.15) is 0 Å². The molecule has 3 rings (SSSR count). The first-order chi connectivity index (χ1) is 13.4. The van der Waals surface area contributed by atoms with Gasteiger partial charge in [-0.3, -0.25) is 14.9 Å². The summed E-state index contributed by atoms with van der Waals surface area (Å²) in [4.78, 5) is 28.8. The number of nitro benzene ring substituents is 1. The highest BCUT2D eigenvalue weighted by Gasteiger charge is 2.21. The highest BCUT2D eigenvalue weighted by molar-refractivity contribution is 7.71. The van der Waals surface area contributed by atoms with Crippen molar-refractivity contribution in [2.75, 3.05) is 14.2 Å². The number of hydrazone groups is 1. The van der Waals surface area contributed by atoms with E-state index in [9.17, 15) is 14.9 Å². The van der Waals surface area contributed by atoms with E-state index in [0.717, 1.165) is 5.52 Å². The fourth-order valence-electron chi connectivity index (χ4n) is 2.58. The van der Waals surface area contributed by atoms with Gasteiger partial charge in [-0.15, -0.1) is 0 Å². The maximum absolute atomic E-state index is 12.3. The van der Waals surface area contributed by atoms with Gasteiger partial charge in [-0.05, 0) is 36.5 Å². The van der Waals surface area contributed by atoms with Crippen LogP contribution in [0.2, 0.25) is 0 Å². The van der Waals surface area contributed by atoms with Crippen molar-refractivity contribution >= 4 is 41.1 Å². The predicted octanol–water partition coefficient (Wildman–Crippen LogP) is 2.91. The van der Waals surface area contributed by atoms with Crippen LogP contribution in [0, 0.1) is 14.9 Å². The number of rotatable bonds is 6. The molecule has 0 aliphatic carbocycles. The number of ether oxygens (including phenoxy) is 2. The number of aromatic nitrogens is 2. The Hall–Kier alpha value is -3.73. The quantitative estimate of drug-likeness (QED) is 0.252. The first-order valence-electron chi connectivity index (χ1n) is 7.88. The highest BCUT2D eigenvalue weighted by atomic mass is 32.1. The zero-order chi connectivity index (χ0) is 20.3. The van der Waals surface area contributed by atoms with Crippen LogP contribution in [0.25, 0.3) is 11.0 Å². The van der Waals surface area contributed by atoms with E-state index in [2.05, 4.69) is 20.5 Å². The lowest BCUT2D eigenvalue weighted by atomic mass is 10.2. The minimum atomic E-state index is -0.590. The lowest BCUT2D eigenvalue weighted by Crippen LogP contribution is -2.17. The number of benzene rings is 2. The number of amides is 1. The number of nitrogens with zero attached hydrogens (tertiary/aromatic N) is 2. The molecule has 0 spiro atoms. The molecule has 28 heavy (non-hydrogen) atoms. The first-order valence-corrected chi connectivity index (χ1v) is 8.29. The minimum Gasteiger partial charge on any atom is -0.493 e. The summed E-state index contributed by atoms with van der Waals surface area (Å²) in [5.74, 6) is -0.267. The number of nitrogens with one attached hydrogen (secondary N) is 3. The SMILES string of the molecule is COc1cc(/C=N\NC(=O)c2ccc3[nH]c(=S)[nH]c3c2)cc([N+](=O)[O-])c1OC. The summed E-state index contributed by atoms with van der Waals surface area (Å²) in [6.07, 6.45) is 1.27. The van der Waals surface area contributed by atoms with E-state index in [1.165, 1.54) is 32.6 Å². The number of aromatic amines is 2. The maximum atomic E-state index is 12.3. The fraction of sp³-hybridized carbons (Fsp3) is 0.118. The number of fused-ring (bicyclic) bond motifs is 1. The molecule has 0 saturated carbocycles. The Balaban J connectivity index is 1.81. The van der Waals surface area contributed by atoms with Gasteiger partial charge in [-0.25, -0.2) is 5.43 Å². The van der Waals surface area contributed by atoms with Gasteiger partial charge < -0.3 is 19.4 Å². The highest BCUT2D eigenvalue weighted by Crippen LogP contribution is 2.37. The molecule has 1 aromatic heterocycles. The zero-order valence-electron chi connectivity index (χ0n) is 14.8. The Morgan fingerprint density at radius 1 is 1.21 bits per heavy atom. The van der Waals surface area contributed by atoms with Crippen LogP contribution in [0.15, 0.2) is 35.4 Å². The van der Waals surface area contributed by atoms with Gasteiger partial charge >= 0.3 is 5.69 Å². The molecule has 144 valence electrons. The standard InChI is InChI=1S/C17H15N5O5S/c1-26-14-6-9(5-13(22(24)25)15(14)27-2)8-18-21-16(23)10-3-4-11-12(7-10)20-17(28)19-11/h3-8H,1-2H3,(H,21,23)(H2,19,20,28)/b18-8-. The smallest absolute Gasteiger partial charge is 0.315 e. The molecular weight excluding hydrogens is 386 g/mol. The van der Waals surface area contributed by atoms with E-state index >= 15 is 0 Å². The molecule has 1 amide bonds. The molecule has 10 nitrogen and oxygen atoms in total. The average Bonchev–Trinajstić information content (AvgIpc) is 3.06. The third-order valence-electron chi connectivity index (χ3n) is 3.84. The van der Waals surface area contributed by atoms with Crippen LogP contribution in [0.5, 0.6) is 11.5 Å². The summed E-state index contributed by atoms with van der Waals surface area (Å²) in [6, 6.07) is 7.75. The summed E-state index contributed by atoms with van der Waals surface area (Å²) in [7, 11) is 2.68. The van der Waals surface area contributed by atoms with Gasteiger partial charge in [0.2, 0.25) is 5.75 Å². The second-order valence-electron chi connectivity index (χ2n) is 5.57. The lowest BCUT2D eigenvalue weighted by molar-refractivity contribution is -0.385. The largest absolute Gasteiger partial charge is 0.493 e. The third-order valence-corrected chi connectivity index (χ3v) is 4.04. The molecule has 0 atom stereocenters. The summed E-state index contributed by atoms with van der Waals surface area (Å²) in [6.45, 7) is 0. The molecular formula is C17H15N5O5S. The molecule has 0 saturated heterocycles. The van der Waals surface area contributed by atoms with E-state index in [1.807, 2.05) is 0 Å². The molecule has 0 unspecified atom stereocenters. The summed E-state index contributed by atoms with van der Waals surface area (Å²) < 4.78 is 10.6. The molecule has 2 aromatic carbocycles. The second-order valence-corrected chi connectivity index (χ2v) is 5.98. The Labute approximate surface area is 163 Å². The first kappa shape index (κ1) is 19.0. The molecule has 0 radical (unpaired) electrons. The summed E-state index contributed by atoms with van der Waals surface area (Å²) in [5.41, 5.74) is 4.29. The number of methoxy groups -OCH3 is 2. The van der Waals surface area contributed by atoms with Gasteiger partial charge in [0.05, 0.1) is 36.4 Å². The number of carbonyl (C=O) groups excluding carboxylic acids is 1. The van der Waals surface area contributed by atoms with Crippen LogP contribution < -0.4 is 14.9 Å². The van der Waals surface area contributed by atoms with E-state index in [4.69, 9.17) is 21.7 Å². The fourth-order valence-corrected chi connectivity index (χ4v) is 2.80. The third kappa shape index (κ3) is 3.83. The van der Waals surface area contributed by atoms with Crippen molar-refractivity contribution in [3.8, 4) is 11.5 Å². The van der Waals surface area contributed by atoms with Crippen molar-refractivity contribution < 1.29 is 19.2 Å². The zero-order valence-corrected chi connectivity index (χ0v) is 15.6. The number of nitro groups is 1. The predicted molar refractivity (Wildman–Crippen MR) is 105 cm³/mol. The summed E-state index contributed by atoms with van der Waals surface area (Å²) >= 11 is 5.01. The average molecular weight is 401 g/mol. The number of hydrogen-bond acceptors (Lipinski definition) is 7. The lowest BCUT2D eigenvalue weighted by Gasteiger charge is -2.08. The maximum Gasteiger partial charge on any atom is 0.315 e. The van der Waals surface area contributed by atoms with Crippen LogP contribution in [0.1, 0.15) is 15.9 Å². The van der Waals surface area contributed by atoms with Crippen molar-refractivity contribution in [3.63, 3.8) is 0 Å². The minimum absolute atomic E-state index is 0.00542. The van der Waals surface area contributed by atoms with Crippen LogP contribution in [-0.2, 0) is 0 Å². The molecule has 0 bridgehead atoms. The van der Waals surface area contributed by atoms with Gasteiger partial charge in [0.15, 0.2) is 10.5 Å². The molecule has 3 aromatic rings. The van der Waals surface area contributed by atoms with Crippen LogP contribution in [0.3, 0.4) is 0 Å². The molecule has 3 N–H and O–H groups in total. The van der Waals surface area contributed by atoms with E-state index < -0.39 is 10.8 Å². The Bertz CT molecular complexity index is 1150. The van der Waals surface area contributed by atoms with E-state index in [0.29, 0.717) is 21.4 Å². The van der Waals surface area contributed by atoms with Crippen molar-refractivity contribution in [2.24, 2.45) is 5.10 Å². The topological polar surface area (TPSA) is 135 Å². The molecule has 11 heteroatoms. The van der Waals surface area contributed by atoms with Crippen molar-refractivity contribution in [2.45, 2.75) is 0 Å². The van der Waals surface area contributed by atoms with Gasteiger partial charge in [0.25, 0.3) is 5.91 Å². The van der Waals surface area contributed by atoms with Crippen LogP contribution in [-0.4, -0.2) is 41.2 Å². The Kier molecular flexibility index (Phi) is 5.36. The number of imidazole rings is 1. The van der Waals surface area contributed by atoms with Crippen LogP contribution >= 0.6 is 12.2 Å². The molecule has 0 aliphatic rings. The normalized spacial score (nSPS) is 10.9. The second kappa shape index (κ2) is 7.88. The summed E-state index contributed by atoms with van der Waals surface area (Å²) in [5, 5.41) is 15.1. The number of carbonyl (C=O) groups is 1. The van der Waals surface area contributed by atoms with Gasteiger partial charge in [-0.2, -0.15) is 5.10 Å². The van der Waals surface area contributed by atoms with Gasteiger partial charge in [-0.1, -0.05) is 0 Å². The van der Waals surface area contributed by atoms with Crippen molar-refractivity contribution in [3.05, 3.63) is 56.3 Å². The van der Waals surface area contributed by atoms with Crippen molar-refractivity contribution in [1.29, 1.82) is 0 Å². The van der Waals surface area contributed by atoms with Crippen molar-refractivity contribution in [1.82, 2.24) is 15.4 Å². The molecule has 1 heterocycles. The monoisotopic (exact) mass is 401 g/mol. The molecule has 0 fully saturated rings. The number of H-pyrrole nitrogens is 2. The van der Waals surface area contributed by atoms with E-state index in [1.54, 1.807) is 18.2 Å². The Morgan fingerprint density at radius 3 is 2.64 bits per heavy atom. The van der Waals surface area contributed by atoms with E-state index in [-0.39, 0.29) is 17.2 Å². The Morgan fingerprint density at radius 2 is 1.96 bits per heavy atom.